The fourth-order valence-electron chi connectivity index (χ4n) is 3.47. The number of hydrogen-bond donors (Lipinski definition) is 0. The topological polar surface area (TPSA) is 0 Å². The van der Waals surface area contributed by atoms with Gasteiger partial charge in [-0.05, 0) is 48.9 Å². The van der Waals surface area contributed by atoms with E-state index in [1.165, 1.54) is 32.1 Å². The number of rotatable bonds is 4. The molecule has 0 nitrogen and oxygen atoms in total. The first-order chi connectivity index (χ1) is 7.01. The van der Waals surface area contributed by atoms with E-state index in [1.807, 2.05) is 0 Å². The largest absolute Gasteiger partial charge is 0.0847 e. The second kappa shape index (κ2) is 3.96. The van der Waals surface area contributed by atoms with Gasteiger partial charge in [0, 0.05) is 0 Å². The molecule has 15 heavy (non-hydrogen) atoms. The average molecular weight is 206 g/mol. The van der Waals surface area contributed by atoms with Gasteiger partial charge in [0.2, 0.25) is 0 Å². The predicted molar refractivity (Wildman–Crippen MR) is 66.8 cm³/mol. The van der Waals surface area contributed by atoms with Crippen molar-refractivity contribution in [3.8, 4) is 0 Å². The minimum Gasteiger partial charge on any atom is -0.0847 e. The van der Waals surface area contributed by atoms with Crippen LogP contribution in [0.25, 0.3) is 0 Å². The number of allylic oxidation sites excluding steroid dienone is 2. The Morgan fingerprint density at radius 3 is 2.67 bits per heavy atom. The van der Waals surface area contributed by atoms with E-state index < -0.39 is 0 Å². The summed E-state index contributed by atoms with van der Waals surface area (Å²) in [6, 6.07) is 0. The second-order valence-corrected chi connectivity index (χ2v) is 6.61. The summed E-state index contributed by atoms with van der Waals surface area (Å²) < 4.78 is 0. The van der Waals surface area contributed by atoms with E-state index in [9.17, 15) is 0 Å². The molecule has 2 bridgehead atoms. The quantitative estimate of drug-likeness (QED) is 0.579. The van der Waals surface area contributed by atoms with Gasteiger partial charge in [0.15, 0.2) is 0 Å². The first-order valence-corrected chi connectivity index (χ1v) is 6.70. The summed E-state index contributed by atoms with van der Waals surface area (Å²) in [4.78, 5) is 0. The molecule has 0 spiro atoms. The van der Waals surface area contributed by atoms with Crippen molar-refractivity contribution < 1.29 is 0 Å². The Labute approximate surface area is 95.1 Å². The molecule has 0 radical (unpaired) electrons. The molecule has 86 valence electrons. The van der Waals surface area contributed by atoms with Crippen LogP contribution in [0.15, 0.2) is 11.6 Å². The van der Waals surface area contributed by atoms with Gasteiger partial charge in [-0.2, -0.15) is 0 Å². The fraction of sp³-hybridized carbons (Fsp3) is 0.867. The minimum absolute atomic E-state index is 0.627. The summed E-state index contributed by atoms with van der Waals surface area (Å²) in [6.45, 7) is 9.61. The van der Waals surface area contributed by atoms with Crippen molar-refractivity contribution in [1.29, 1.82) is 0 Å². The summed E-state index contributed by atoms with van der Waals surface area (Å²) in [5, 5.41) is 0. The Bertz CT molecular complexity index is 257. The highest BCUT2D eigenvalue weighted by molar-refractivity contribution is 5.23. The summed E-state index contributed by atoms with van der Waals surface area (Å²) in [7, 11) is 0. The van der Waals surface area contributed by atoms with Gasteiger partial charge in [0.05, 0.1) is 0 Å². The van der Waals surface area contributed by atoms with E-state index >= 15 is 0 Å². The first-order valence-electron chi connectivity index (χ1n) is 6.70. The molecule has 1 saturated carbocycles. The lowest BCUT2D eigenvalue weighted by Gasteiger charge is -2.56. The predicted octanol–water partition coefficient (Wildman–Crippen LogP) is 4.81. The molecule has 3 rings (SSSR count). The van der Waals surface area contributed by atoms with Crippen LogP contribution in [0, 0.1) is 23.2 Å². The fourth-order valence-corrected chi connectivity index (χ4v) is 3.47. The van der Waals surface area contributed by atoms with E-state index in [-0.39, 0.29) is 0 Å². The Kier molecular flexibility index (Phi) is 2.96. The standard InChI is InChI=1S/C15H26/c1-11(2)6-5-7-12-8-9-13-10-14(12)15(13,3)4/h8,11,13-14H,5-7,9-10H2,1-4H3/t13-,14-/m0/s1. The highest BCUT2D eigenvalue weighted by Crippen LogP contribution is 2.59. The molecule has 0 aliphatic heterocycles. The van der Waals surface area contributed by atoms with Crippen molar-refractivity contribution in [2.24, 2.45) is 23.2 Å². The third-order valence-electron chi connectivity index (χ3n) is 4.83. The smallest absolute Gasteiger partial charge is 0.0146 e. The second-order valence-electron chi connectivity index (χ2n) is 6.61. The maximum Gasteiger partial charge on any atom is -0.0146 e. The van der Waals surface area contributed by atoms with Crippen molar-refractivity contribution in [3.63, 3.8) is 0 Å². The third-order valence-corrected chi connectivity index (χ3v) is 4.83. The van der Waals surface area contributed by atoms with Crippen LogP contribution >= 0.6 is 0 Å². The van der Waals surface area contributed by atoms with E-state index in [0.29, 0.717) is 5.41 Å². The molecule has 0 heterocycles. The maximum absolute atomic E-state index is 2.56. The van der Waals surface area contributed by atoms with Crippen LogP contribution in [-0.4, -0.2) is 0 Å². The average Bonchev–Trinajstić information content (AvgIpc) is 2.17. The van der Waals surface area contributed by atoms with Crippen LogP contribution in [0.1, 0.15) is 59.8 Å². The van der Waals surface area contributed by atoms with Gasteiger partial charge >= 0.3 is 0 Å². The van der Waals surface area contributed by atoms with Gasteiger partial charge in [0.1, 0.15) is 0 Å². The van der Waals surface area contributed by atoms with E-state index in [2.05, 4.69) is 33.8 Å². The Hall–Kier alpha value is -0.260. The van der Waals surface area contributed by atoms with Crippen LogP contribution in [0.2, 0.25) is 0 Å². The van der Waals surface area contributed by atoms with Crippen molar-refractivity contribution >= 4 is 0 Å². The lowest BCUT2D eigenvalue weighted by molar-refractivity contribution is -0.00844. The van der Waals surface area contributed by atoms with Gasteiger partial charge in [-0.25, -0.2) is 0 Å². The normalized spacial score (nSPS) is 32.5. The van der Waals surface area contributed by atoms with Crippen LogP contribution in [-0.2, 0) is 0 Å². The van der Waals surface area contributed by atoms with Crippen molar-refractivity contribution in [1.82, 2.24) is 0 Å². The summed E-state index contributed by atoms with van der Waals surface area (Å²) in [5.74, 6) is 2.80. The summed E-state index contributed by atoms with van der Waals surface area (Å²) in [5.41, 5.74) is 2.42. The monoisotopic (exact) mass is 206 g/mol. The zero-order valence-electron chi connectivity index (χ0n) is 10.8. The summed E-state index contributed by atoms with van der Waals surface area (Å²) in [6.07, 6.45) is 9.58. The molecule has 0 amide bonds. The molecule has 0 saturated heterocycles. The van der Waals surface area contributed by atoms with Crippen molar-refractivity contribution in [2.75, 3.05) is 0 Å². The van der Waals surface area contributed by atoms with Crippen LogP contribution in [0.4, 0.5) is 0 Å². The Balaban J connectivity index is 1.86. The molecule has 0 aromatic heterocycles. The van der Waals surface area contributed by atoms with Gasteiger partial charge in [0.25, 0.3) is 0 Å². The van der Waals surface area contributed by atoms with E-state index in [4.69, 9.17) is 0 Å². The SMILES string of the molecule is CC(C)CCCC1=CC[C@H]2C[C@@H]1C2(C)C. The number of hydrogen-bond acceptors (Lipinski definition) is 0. The van der Waals surface area contributed by atoms with Crippen LogP contribution in [0.3, 0.4) is 0 Å². The molecule has 1 fully saturated rings. The minimum atomic E-state index is 0.627. The molecular formula is C15H26. The van der Waals surface area contributed by atoms with Gasteiger partial charge in [-0.3, -0.25) is 0 Å². The molecular weight excluding hydrogens is 180 g/mol. The molecule has 3 aliphatic carbocycles. The van der Waals surface area contributed by atoms with Crippen molar-refractivity contribution in [2.45, 2.75) is 59.8 Å². The van der Waals surface area contributed by atoms with E-state index in [1.54, 1.807) is 5.57 Å². The highest BCUT2D eigenvalue weighted by Gasteiger charge is 2.50. The van der Waals surface area contributed by atoms with Gasteiger partial charge in [-0.1, -0.05) is 45.8 Å². The first kappa shape index (κ1) is 11.2. The van der Waals surface area contributed by atoms with Crippen LogP contribution < -0.4 is 0 Å². The van der Waals surface area contributed by atoms with E-state index in [0.717, 1.165) is 17.8 Å². The molecule has 2 atom stereocenters. The van der Waals surface area contributed by atoms with Gasteiger partial charge in [-0.15, -0.1) is 0 Å². The van der Waals surface area contributed by atoms with Crippen LogP contribution in [0.5, 0.6) is 0 Å². The molecule has 0 aromatic rings. The molecule has 0 unspecified atom stereocenters. The molecule has 0 N–H and O–H groups in total. The van der Waals surface area contributed by atoms with Gasteiger partial charge < -0.3 is 0 Å². The number of fused-ring (bicyclic) bond motifs is 1. The Morgan fingerprint density at radius 1 is 1.40 bits per heavy atom. The molecule has 0 aromatic carbocycles. The lowest BCUT2D eigenvalue weighted by Crippen LogP contribution is -2.47. The zero-order valence-corrected chi connectivity index (χ0v) is 10.8. The summed E-state index contributed by atoms with van der Waals surface area (Å²) >= 11 is 0. The molecule has 0 heteroatoms. The Morgan fingerprint density at radius 2 is 2.13 bits per heavy atom. The molecule has 3 aliphatic rings. The zero-order chi connectivity index (χ0) is 11.1. The highest BCUT2D eigenvalue weighted by atomic mass is 14.5. The van der Waals surface area contributed by atoms with Crippen molar-refractivity contribution in [3.05, 3.63) is 11.6 Å². The maximum atomic E-state index is 2.56. The third kappa shape index (κ3) is 2.00. The lowest BCUT2D eigenvalue weighted by atomic mass is 9.48.